The van der Waals surface area contributed by atoms with Gasteiger partial charge in [0.2, 0.25) is 5.89 Å². The maximum absolute atomic E-state index is 5.03. The predicted octanol–water partition coefficient (Wildman–Crippen LogP) is 0.866. The van der Waals surface area contributed by atoms with Crippen LogP contribution >= 0.6 is 0 Å². The molecule has 114 valence electrons. The highest BCUT2D eigenvalue weighted by Crippen LogP contribution is 2.13. The Labute approximate surface area is 124 Å². The van der Waals surface area contributed by atoms with E-state index in [9.17, 15) is 0 Å². The summed E-state index contributed by atoms with van der Waals surface area (Å²) in [5, 5.41) is 7.57. The van der Waals surface area contributed by atoms with E-state index in [1.54, 1.807) is 0 Å². The molecule has 2 aromatic rings. The van der Waals surface area contributed by atoms with Crippen LogP contribution in [-0.2, 0) is 20.1 Å². The number of hydrogen-bond donors (Lipinski definition) is 1. The fourth-order valence-corrected chi connectivity index (χ4v) is 2.77. The summed E-state index contributed by atoms with van der Waals surface area (Å²) in [6, 6.07) is 0.489. The Kier molecular flexibility index (Phi) is 4.31. The summed E-state index contributed by atoms with van der Waals surface area (Å²) in [7, 11) is 2.02. The second-order valence-electron chi connectivity index (χ2n) is 5.64. The summed E-state index contributed by atoms with van der Waals surface area (Å²) >= 11 is 0. The minimum Gasteiger partial charge on any atom is -0.340 e. The topological polar surface area (TPSA) is 72.0 Å². The molecular formula is C14H22N6O. The van der Waals surface area contributed by atoms with Crippen molar-refractivity contribution in [2.75, 3.05) is 13.1 Å². The molecule has 2 aromatic heterocycles. The molecule has 0 saturated carbocycles. The lowest BCUT2D eigenvalue weighted by atomic mass is 10.1. The van der Waals surface area contributed by atoms with Crippen LogP contribution in [0.1, 0.15) is 30.4 Å². The average Bonchev–Trinajstić information content (AvgIpc) is 3.06. The van der Waals surface area contributed by atoms with Gasteiger partial charge < -0.3 is 14.4 Å². The van der Waals surface area contributed by atoms with E-state index in [1.807, 2.05) is 26.4 Å². The van der Waals surface area contributed by atoms with E-state index in [-0.39, 0.29) is 0 Å². The van der Waals surface area contributed by atoms with Gasteiger partial charge in [0, 0.05) is 39.0 Å². The molecule has 1 N–H and O–H groups in total. The van der Waals surface area contributed by atoms with Gasteiger partial charge in [0.1, 0.15) is 5.82 Å². The molecule has 0 bridgehead atoms. The lowest BCUT2D eigenvalue weighted by Crippen LogP contribution is -2.45. The Hall–Kier alpha value is -1.73. The monoisotopic (exact) mass is 290 g/mol. The molecule has 3 rings (SSSR count). The third-order valence-electron chi connectivity index (χ3n) is 3.91. The van der Waals surface area contributed by atoms with Gasteiger partial charge in [-0.2, -0.15) is 4.98 Å². The van der Waals surface area contributed by atoms with Crippen molar-refractivity contribution in [1.29, 1.82) is 0 Å². The third kappa shape index (κ3) is 3.68. The number of likely N-dealkylation sites (tertiary alicyclic amines) is 1. The van der Waals surface area contributed by atoms with E-state index < -0.39 is 0 Å². The summed E-state index contributed by atoms with van der Waals surface area (Å²) < 4.78 is 7.08. The molecule has 1 aliphatic rings. The molecule has 0 amide bonds. The van der Waals surface area contributed by atoms with E-state index >= 15 is 0 Å². The van der Waals surface area contributed by atoms with Gasteiger partial charge in [0.25, 0.3) is 0 Å². The van der Waals surface area contributed by atoms with Crippen LogP contribution in [0.15, 0.2) is 16.9 Å². The van der Waals surface area contributed by atoms with E-state index in [2.05, 4.69) is 29.9 Å². The number of hydrogen-bond acceptors (Lipinski definition) is 6. The van der Waals surface area contributed by atoms with Crippen molar-refractivity contribution < 1.29 is 4.52 Å². The Balaban J connectivity index is 1.50. The number of nitrogens with one attached hydrogen (secondary N) is 1. The van der Waals surface area contributed by atoms with Crippen molar-refractivity contribution in [3.63, 3.8) is 0 Å². The zero-order valence-corrected chi connectivity index (χ0v) is 12.6. The summed E-state index contributed by atoms with van der Waals surface area (Å²) in [6.45, 7) is 5.50. The standard InChI is InChI=1S/C14H22N6O/c1-11-17-13(18-21-11)10-20-6-3-4-12(9-20)16-8-14-15-5-7-19(14)2/h5,7,12,16H,3-4,6,8-10H2,1-2H3. The van der Waals surface area contributed by atoms with Gasteiger partial charge in [0.05, 0.1) is 13.1 Å². The van der Waals surface area contributed by atoms with Crippen LogP contribution < -0.4 is 5.32 Å². The quantitative estimate of drug-likeness (QED) is 0.881. The van der Waals surface area contributed by atoms with Gasteiger partial charge in [-0.15, -0.1) is 0 Å². The summed E-state index contributed by atoms with van der Waals surface area (Å²) in [6.07, 6.45) is 6.20. The van der Waals surface area contributed by atoms with Crippen molar-refractivity contribution in [3.8, 4) is 0 Å². The SMILES string of the molecule is Cc1nc(CN2CCCC(NCc3nccn3C)C2)no1. The Morgan fingerprint density at radius 2 is 2.38 bits per heavy atom. The number of aromatic nitrogens is 4. The fourth-order valence-electron chi connectivity index (χ4n) is 2.77. The molecule has 0 aromatic carbocycles. The fraction of sp³-hybridized carbons (Fsp3) is 0.643. The Morgan fingerprint density at radius 3 is 3.10 bits per heavy atom. The molecule has 3 heterocycles. The molecule has 0 aliphatic carbocycles. The van der Waals surface area contributed by atoms with Crippen LogP contribution in [0.25, 0.3) is 0 Å². The number of aryl methyl sites for hydroxylation is 2. The van der Waals surface area contributed by atoms with Crippen molar-refractivity contribution in [1.82, 2.24) is 29.9 Å². The summed E-state index contributed by atoms with van der Waals surface area (Å²) in [4.78, 5) is 11.0. The minimum absolute atomic E-state index is 0.489. The molecule has 0 spiro atoms. The number of piperidine rings is 1. The highest BCUT2D eigenvalue weighted by molar-refractivity contribution is 4.92. The zero-order valence-electron chi connectivity index (χ0n) is 12.6. The molecule has 1 unspecified atom stereocenters. The number of rotatable bonds is 5. The van der Waals surface area contributed by atoms with Crippen LogP contribution in [0.3, 0.4) is 0 Å². The third-order valence-corrected chi connectivity index (χ3v) is 3.91. The van der Waals surface area contributed by atoms with Gasteiger partial charge in [-0.1, -0.05) is 5.16 Å². The predicted molar refractivity (Wildman–Crippen MR) is 77.4 cm³/mol. The normalized spacial score (nSPS) is 20.0. The van der Waals surface area contributed by atoms with Gasteiger partial charge in [0.15, 0.2) is 5.82 Å². The van der Waals surface area contributed by atoms with E-state index in [4.69, 9.17) is 4.52 Å². The van der Waals surface area contributed by atoms with E-state index in [0.29, 0.717) is 11.9 Å². The molecular weight excluding hydrogens is 268 g/mol. The molecule has 1 atom stereocenters. The highest BCUT2D eigenvalue weighted by Gasteiger charge is 2.21. The first-order valence-corrected chi connectivity index (χ1v) is 7.42. The maximum atomic E-state index is 5.03. The maximum Gasteiger partial charge on any atom is 0.223 e. The van der Waals surface area contributed by atoms with Crippen molar-refractivity contribution >= 4 is 0 Å². The van der Waals surface area contributed by atoms with Crippen LogP contribution in [0.2, 0.25) is 0 Å². The average molecular weight is 290 g/mol. The van der Waals surface area contributed by atoms with Crippen LogP contribution in [0.5, 0.6) is 0 Å². The van der Waals surface area contributed by atoms with Crippen LogP contribution in [0.4, 0.5) is 0 Å². The molecule has 1 aliphatic heterocycles. The first-order valence-electron chi connectivity index (χ1n) is 7.42. The molecule has 21 heavy (non-hydrogen) atoms. The molecule has 7 nitrogen and oxygen atoms in total. The van der Waals surface area contributed by atoms with Gasteiger partial charge in [-0.25, -0.2) is 4.98 Å². The van der Waals surface area contributed by atoms with Gasteiger partial charge in [-0.05, 0) is 19.4 Å². The van der Waals surface area contributed by atoms with Crippen molar-refractivity contribution in [2.24, 2.45) is 7.05 Å². The summed E-state index contributed by atoms with van der Waals surface area (Å²) in [5.74, 6) is 2.48. The zero-order chi connectivity index (χ0) is 14.7. The molecule has 1 saturated heterocycles. The first-order chi connectivity index (χ1) is 10.2. The van der Waals surface area contributed by atoms with E-state index in [0.717, 1.165) is 37.8 Å². The van der Waals surface area contributed by atoms with Crippen molar-refractivity contribution in [3.05, 3.63) is 29.9 Å². The second kappa shape index (κ2) is 6.36. The molecule has 0 radical (unpaired) electrons. The van der Waals surface area contributed by atoms with Crippen LogP contribution in [-0.4, -0.2) is 43.7 Å². The molecule has 7 heteroatoms. The largest absolute Gasteiger partial charge is 0.340 e. The highest BCUT2D eigenvalue weighted by atomic mass is 16.5. The lowest BCUT2D eigenvalue weighted by molar-refractivity contribution is 0.176. The van der Waals surface area contributed by atoms with Gasteiger partial charge in [-0.3, -0.25) is 4.90 Å². The first kappa shape index (κ1) is 14.2. The number of imidazole rings is 1. The smallest absolute Gasteiger partial charge is 0.223 e. The van der Waals surface area contributed by atoms with Crippen LogP contribution in [0, 0.1) is 6.92 Å². The second-order valence-corrected chi connectivity index (χ2v) is 5.64. The Morgan fingerprint density at radius 1 is 1.48 bits per heavy atom. The van der Waals surface area contributed by atoms with E-state index in [1.165, 1.54) is 12.8 Å². The minimum atomic E-state index is 0.489. The molecule has 1 fully saturated rings. The lowest BCUT2D eigenvalue weighted by Gasteiger charge is -2.32. The Bertz CT molecular complexity index is 578. The summed E-state index contributed by atoms with van der Waals surface area (Å²) in [5.41, 5.74) is 0. The van der Waals surface area contributed by atoms with Gasteiger partial charge >= 0.3 is 0 Å². The number of nitrogens with zero attached hydrogens (tertiary/aromatic N) is 5. The van der Waals surface area contributed by atoms with Crippen molar-refractivity contribution in [2.45, 2.75) is 38.9 Å².